The first-order chi connectivity index (χ1) is 5.68. The minimum atomic E-state index is -0.297. The van der Waals surface area contributed by atoms with Crippen molar-refractivity contribution in [2.75, 3.05) is 6.61 Å². The molecule has 0 aliphatic carbocycles. The summed E-state index contributed by atoms with van der Waals surface area (Å²) in [7, 11) is 0. The molecule has 0 spiro atoms. The van der Waals surface area contributed by atoms with Gasteiger partial charge in [0.05, 0.1) is 6.61 Å². The lowest BCUT2D eigenvalue weighted by atomic mass is 10.1. The van der Waals surface area contributed by atoms with E-state index in [0.717, 1.165) is 0 Å². The average Bonchev–Trinajstić information content (AvgIpc) is 2.15. The summed E-state index contributed by atoms with van der Waals surface area (Å²) in [6.07, 6.45) is 1.40. The number of rotatable bonds is 1. The van der Waals surface area contributed by atoms with Crippen LogP contribution < -0.4 is 0 Å². The summed E-state index contributed by atoms with van der Waals surface area (Å²) < 4.78 is 9.73. The van der Waals surface area contributed by atoms with Gasteiger partial charge in [-0.05, 0) is 6.42 Å². The molecule has 1 fully saturated rings. The lowest BCUT2D eigenvalue weighted by molar-refractivity contribution is -0.147. The van der Waals surface area contributed by atoms with Crippen LogP contribution in [0.4, 0.5) is 0 Å². The van der Waals surface area contributed by atoms with Gasteiger partial charge in [0.2, 0.25) is 0 Å². The van der Waals surface area contributed by atoms with Crippen molar-refractivity contribution in [1.29, 1.82) is 0 Å². The van der Waals surface area contributed by atoms with Gasteiger partial charge in [0, 0.05) is 19.8 Å². The number of cyclic esters (lactones) is 1. The number of hydrogen-bond acceptors (Lipinski definition) is 4. The van der Waals surface area contributed by atoms with Crippen LogP contribution in [0.15, 0.2) is 0 Å². The molecule has 4 nitrogen and oxygen atoms in total. The van der Waals surface area contributed by atoms with Crippen LogP contribution in [0.3, 0.4) is 0 Å². The van der Waals surface area contributed by atoms with E-state index in [-0.39, 0.29) is 18.0 Å². The first-order valence-electron chi connectivity index (χ1n) is 4.01. The maximum Gasteiger partial charge on any atom is 0.305 e. The Kier molecular flexibility index (Phi) is 3.08. The maximum atomic E-state index is 10.8. The van der Waals surface area contributed by atoms with Gasteiger partial charge in [0.15, 0.2) is 0 Å². The summed E-state index contributed by atoms with van der Waals surface area (Å²) in [6.45, 7) is 1.73. The molecule has 0 aromatic carbocycles. The molecule has 4 heteroatoms. The Morgan fingerprint density at radius 1 is 1.58 bits per heavy atom. The Labute approximate surface area is 70.8 Å². The molecule has 0 N–H and O–H groups in total. The molecule has 12 heavy (non-hydrogen) atoms. The van der Waals surface area contributed by atoms with E-state index in [2.05, 4.69) is 0 Å². The van der Waals surface area contributed by atoms with Gasteiger partial charge in [-0.1, -0.05) is 0 Å². The van der Waals surface area contributed by atoms with Crippen molar-refractivity contribution in [2.45, 2.75) is 32.3 Å². The number of esters is 2. The van der Waals surface area contributed by atoms with Crippen LogP contribution in [0.1, 0.15) is 26.2 Å². The second-order valence-corrected chi connectivity index (χ2v) is 2.78. The van der Waals surface area contributed by atoms with Gasteiger partial charge in [-0.25, -0.2) is 0 Å². The predicted molar refractivity (Wildman–Crippen MR) is 40.4 cm³/mol. The van der Waals surface area contributed by atoms with Crippen molar-refractivity contribution in [3.8, 4) is 0 Å². The predicted octanol–water partition coefficient (Wildman–Crippen LogP) is 0.645. The van der Waals surface area contributed by atoms with Gasteiger partial charge in [0.25, 0.3) is 0 Å². The summed E-state index contributed by atoms with van der Waals surface area (Å²) in [5, 5.41) is 0. The monoisotopic (exact) mass is 172 g/mol. The third-order valence-corrected chi connectivity index (χ3v) is 1.71. The van der Waals surface area contributed by atoms with Crippen LogP contribution in [0.5, 0.6) is 0 Å². The van der Waals surface area contributed by atoms with E-state index in [9.17, 15) is 9.59 Å². The molecule has 1 rings (SSSR count). The van der Waals surface area contributed by atoms with Gasteiger partial charge in [-0.15, -0.1) is 0 Å². The van der Waals surface area contributed by atoms with Crippen LogP contribution >= 0.6 is 0 Å². The molecule has 1 saturated heterocycles. The lowest BCUT2D eigenvalue weighted by Crippen LogP contribution is -2.16. The molecule has 0 saturated carbocycles. The molecule has 0 amide bonds. The summed E-state index contributed by atoms with van der Waals surface area (Å²) in [6, 6.07) is 0. The normalized spacial score (nSPS) is 24.1. The van der Waals surface area contributed by atoms with Gasteiger partial charge in [-0.2, -0.15) is 0 Å². The van der Waals surface area contributed by atoms with E-state index < -0.39 is 0 Å². The Balaban J connectivity index is 2.35. The minimum Gasteiger partial charge on any atom is -0.466 e. The summed E-state index contributed by atoms with van der Waals surface area (Å²) in [5.41, 5.74) is 0. The van der Waals surface area contributed by atoms with E-state index in [1.165, 1.54) is 6.92 Å². The topological polar surface area (TPSA) is 52.6 Å². The molecule has 1 aliphatic rings. The van der Waals surface area contributed by atoms with E-state index in [1.54, 1.807) is 0 Å². The van der Waals surface area contributed by atoms with E-state index >= 15 is 0 Å². The van der Waals surface area contributed by atoms with Crippen LogP contribution in [0.2, 0.25) is 0 Å². The molecule has 1 unspecified atom stereocenters. The molecule has 1 atom stereocenters. The molecule has 0 aromatic rings. The Hall–Kier alpha value is -1.06. The van der Waals surface area contributed by atoms with Crippen LogP contribution in [-0.2, 0) is 19.1 Å². The maximum absolute atomic E-state index is 10.8. The minimum absolute atomic E-state index is 0.144. The second-order valence-electron chi connectivity index (χ2n) is 2.78. The fourth-order valence-electron chi connectivity index (χ4n) is 1.15. The second kappa shape index (κ2) is 4.09. The van der Waals surface area contributed by atoms with Crippen molar-refractivity contribution >= 4 is 11.9 Å². The van der Waals surface area contributed by atoms with Crippen LogP contribution in [0, 0.1) is 0 Å². The molecular weight excluding hydrogens is 160 g/mol. The van der Waals surface area contributed by atoms with Gasteiger partial charge < -0.3 is 9.47 Å². The zero-order chi connectivity index (χ0) is 8.97. The first kappa shape index (κ1) is 9.03. The molecule has 0 aromatic heterocycles. The number of hydrogen-bond donors (Lipinski definition) is 0. The highest BCUT2D eigenvalue weighted by atomic mass is 16.6. The molecular formula is C8H12O4. The molecule has 1 heterocycles. The molecule has 0 radical (unpaired) electrons. The highest BCUT2D eigenvalue weighted by Crippen LogP contribution is 2.12. The fraction of sp³-hybridized carbons (Fsp3) is 0.750. The van der Waals surface area contributed by atoms with E-state index in [0.29, 0.717) is 25.9 Å². The highest BCUT2D eigenvalue weighted by molar-refractivity contribution is 5.70. The summed E-state index contributed by atoms with van der Waals surface area (Å²) in [4.78, 5) is 21.3. The Morgan fingerprint density at radius 2 is 2.33 bits per heavy atom. The van der Waals surface area contributed by atoms with Crippen molar-refractivity contribution in [3.05, 3.63) is 0 Å². The van der Waals surface area contributed by atoms with Crippen LogP contribution in [0.25, 0.3) is 0 Å². The Morgan fingerprint density at radius 3 is 3.00 bits per heavy atom. The SMILES string of the molecule is CC(=O)OC1CCOC(=O)CC1. The number of carbonyl (C=O) groups is 2. The quantitative estimate of drug-likeness (QED) is 0.545. The number of carbonyl (C=O) groups excluding carboxylic acids is 2. The zero-order valence-corrected chi connectivity index (χ0v) is 7.04. The van der Waals surface area contributed by atoms with Crippen molar-refractivity contribution < 1.29 is 19.1 Å². The van der Waals surface area contributed by atoms with E-state index in [1.807, 2.05) is 0 Å². The van der Waals surface area contributed by atoms with Crippen molar-refractivity contribution in [3.63, 3.8) is 0 Å². The van der Waals surface area contributed by atoms with Gasteiger partial charge in [-0.3, -0.25) is 9.59 Å². The smallest absolute Gasteiger partial charge is 0.305 e. The van der Waals surface area contributed by atoms with Crippen LogP contribution in [-0.4, -0.2) is 24.6 Å². The molecule has 1 aliphatic heterocycles. The van der Waals surface area contributed by atoms with Gasteiger partial charge >= 0.3 is 11.9 Å². The highest BCUT2D eigenvalue weighted by Gasteiger charge is 2.18. The lowest BCUT2D eigenvalue weighted by Gasteiger charge is -2.11. The van der Waals surface area contributed by atoms with Crippen molar-refractivity contribution in [1.82, 2.24) is 0 Å². The average molecular weight is 172 g/mol. The summed E-state index contributed by atoms with van der Waals surface area (Å²) >= 11 is 0. The third-order valence-electron chi connectivity index (χ3n) is 1.71. The van der Waals surface area contributed by atoms with Crippen molar-refractivity contribution in [2.24, 2.45) is 0 Å². The molecule has 0 bridgehead atoms. The largest absolute Gasteiger partial charge is 0.466 e. The third kappa shape index (κ3) is 2.90. The van der Waals surface area contributed by atoms with E-state index in [4.69, 9.17) is 9.47 Å². The molecule has 68 valence electrons. The van der Waals surface area contributed by atoms with Gasteiger partial charge in [0.1, 0.15) is 6.10 Å². The standard InChI is InChI=1S/C8H12O4/c1-6(9)12-7-2-3-8(10)11-5-4-7/h7H,2-5H2,1H3. The summed E-state index contributed by atoms with van der Waals surface area (Å²) in [5.74, 6) is -0.501. The Bertz CT molecular complexity index is 187. The first-order valence-corrected chi connectivity index (χ1v) is 4.01. The number of ether oxygens (including phenoxy) is 2. The fourth-order valence-corrected chi connectivity index (χ4v) is 1.15. The zero-order valence-electron chi connectivity index (χ0n) is 7.04.